The van der Waals surface area contributed by atoms with Crippen LogP contribution in [0.1, 0.15) is 29.6 Å². The predicted octanol–water partition coefficient (Wildman–Crippen LogP) is 2.45. The van der Waals surface area contributed by atoms with Crippen molar-refractivity contribution >= 4 is 11.7 Å². The largest absolute Gasteiger partial charge is 0.459 e. The molecular weight excluding hydrogens is 218 g/mol. The van der Waals surface area contributed by atoms with Gasteiger partial charge in [-0.2, -0.15) is 5.10 Å². The van der Waals surface area contributed by atoms with Crippen molar-refractivity contribution in [1.82, 2.24) is 9.78 Å². The average molecular weight is 233 g/mol. The molecule has 0 saturated carbocycles. The van der Waals surface area contributed by atoms with Crippen LogP contribution in [0.25, 0.3) is 0 Å². The number of aromatic nitrogens is 2. The minimum atomic E-state index is -0.257. The highest BCUT2D eigenvalue weighted by molar-refractivity contribution is 6.01. The minimum Gasteiger partial charge on any atom is -0.459 e. The number of hydrogen-bond acceptors (Lipinski definition) is 3. The molecule has 0 radical (unpaired) electrons. The summed E-state index contributed by atoms with van der Waals surface area (Å²) < 4.78 is 6.82. The monoisotopic (exact) mass is 233 g/mol. The van der Waals surface area contributed by atoms with Crippen molar-refractivity contribution in [2.24, 2.45) is 0 Å². The lowest BCUT2D eigenvalue weighted by Crippen LogP contribution is -2.15. The van der Waals surface area contributed by atoms with Gasteiger partial charge in [-0.3, -0.25) is 4.79 Å². The van der Waals surface area contributed by atoms with Gasteiger partial charge in [0.25, 0.3) is 5.91 Å². The van der Waals surface area contributed by atoms with Gasteiger partial charge in [0.15, 0.2) is 5.76 Å². The van der Waals surface area contributed by atoms with Crippen LogP contribution < -0.4 is 5.32 Å². The average Bonchev–Trinajstić information content (AvgIpc) is 2.89. The lowest BCUT2D eigenvalue weighted by molar-refractivity contribution is 0.0995. The van der Waals surface area contributed by atoms with Crippen molar-refractivity contribution < 1.29 is 9.21 Å². The maximum atomic E-state index is 11.8. The van der Waals surface area contributed by atoms with E-state index in [-0.39, 0.29) is 5.91 Å². The zero-order valence-corrected chi connectivity index (χ0v) is 9.93. The molecule has 2 aromatic rings. The van der Waals surface area contributed by atoms with Crippen LogP contribution in [-0.4, -0.2) is 15.7 Å². The van der Waals surface area contributed by atoms with Gasteiger partial charge in [-0.25, -0.2) is 4.68 Å². The first-order valence-electron chi connectivity index (χ1n) is 5.60. The number of furan rings is 1. The lowest BCUT2D eigenvalue weighted by atomic mass is 10.4. The van der Waals surface area contributed by atoms with E-state index >= 15 is 0 Å². The molecule has 0 aromatic carbocycles. The van der Waals surface area contributed by atoms with Crippen molar-refractivity contribution in [2.75, 3.05) is 5.32 Å². The highest BCUT2D eigenvalue weighted by atomic mass is 16.3. The van der Waals surface area contributed by atoms with Crippen LogP contribution in [-0.2, 0) is 6.54 Å². The van der Waals surface area contributed by atoms with E-state index in [0.717, 1.165) is 18.7 Å². The Morgan fingerprint density at radius 1 is 1.59 bits per heavy atom. The molecule has 0 aliphatic heterocycles. The summed E-state index contributed by atoms with van der Waals surface area (Å²) in [6.45, 7) is 4.74. The molecule has 0 saturated heterocycles. The van der Waals surface area contributed by atoms with Crippen LogP contribution in [0.3, 0.4) is 0 Å². The number of hydrogen-bond donors (Lipinski definition) is 1. The molecule has 1 N–H and O–H groups in total. The van der Waals surface area contributed by atoms with Gasteiger partial charge in [-0.15, -0.1) is 0 Å². The molecule has 0 bridgehead atoms. The standard InChI is InChI=1S/C12H15N3O2/c1-3-6-15-11(8-9(2)14-15)13-12(16)10-5-4-7-17-10/h4-5,7-8H,3,6H2,1-2H3,(H,13,16). The molecule has 90 valence electrons. The number of carbonyl (C=O) groups excluding carboxylic acids is 1. The molecule has 0 atom stereocenters. The van der Waals surface area contributed by atoms with Gasteiger partial charge in [0.1, 0.15) is 5.82 Å². The molecule has 1 amide bonds. The molecule has 0 aliphatic carbocycles. The molecule has 2 heterocycles. The zero-order valence-electron chi connectivity index (χ0n) is 9.93. The maximum Gasteiger partial charge on any atom is 0.292 e. The smallest absolute Gasteiger partial charge is 0.292 e. The second-order valence-corrected chi connectivity index (χ2v) is 3.83. The van der Waals surface area contributed by atoms with Gasteiger partial charge in [-0.05, 0) is 25.5 Å². The number of rotatable bonds is 4. The van der Waals surface area contributed by atoms with Crippen molar-refractivity contribution in [1.29, 1.82) is 0 Å². The number of nitrogens with one attached hydrogen (secondary N) is 1. The molecule has 0 aliphatic rings. The van der Waals surface area contributed by atoms with Crippen molar-refractivity contribution in [3.63, 3.8) is 0 Å². The predicted molar refractivity (Wildman–Crippen MR) is 63.9 cm³/mol. The Morgan fingerprint density at radius 2 is 2.41 bits per heavy atom. The fraction of sp³-hybridized carbons (Fsp3) is 0.333. The van der Waals surface area contributed by atoms with E-state index in [1.165, 1.54) is 6.26 Å². The Balaban J connectivity index is 2.15. The van der Waals surface area contributed by atoms with E-state index in [0.29, 0.717) is 11.6 Å². The Hall–Kier alpha value is -2.04. The van der Waals surface area contributed by atoms with Crippen LogP contribution in [0.15, 0.2) is 28.9 Å². The molecule has 0 spiro atoms. The maximum absolute atomic E-state index is 11.8. The number of anilines is 1. The minimum absolute atomic E-state index is 0.257. The second kappa shape index (κ2) is 4.86. The van der Waals surface area contributed by atoms with Crippen LogP contribution in [0.5, 0.6) is 0 Å². The summed E-state index contributed by atoms with van der Waals surface area (Å²) in [6, 6.07) is 5.16. The fourth-order valence-corrected chi connectivity index (χ4v) is 1.61. The number of amides is 1. The van der Waals surface area contributed by atoms with E-state index in [1.54, 1.807) is 16.8 Å². The van der Waals surface area contributed by atoms with Gasteiger partial charge >= 0.3 is 0 Å². The number of carbonyl (C=O) groups is 1. The summed E-state index contributed by atoms with van der Waals surface area (Å²) in [5, 5.41) is 7.09. The Kier molecular flexibility index (Phi) is 3.27. The summed E-state index contributed by atoms with van der Waals surface area (Å²) in [6.07, 6.45) is 2.44. The molecule has 0 unspecified atom stereocenters. The topological polar surface area (TPSA) is 60.1 Å². The summed E-state index contributed by atoms with van der Waals surface area (Å²) >= 11 is 0. The van der Waals surface area contributed by atoms with Crippen LogP contribution in [0, 0.1) is 6.92 Å². The van der Waals surface area contributed by atoms with Gasteiger partial charge < -0.3 is 9.73 Å². The highest BCUT2D eigenvalue weighted by Gasteiger charge is 2.12. The van der Waals surface area contributed by atoms with Crippen molar-refractivity contribution in [2.45, 2.75) is 26.8 Å². The van der Waals surface area contributed by atoms with Gasteiger partial charge in [-0.1, -0.05) is 6.92 Å². The van der Waals surface area contributed by atoms with Crippen LogP contribution in [0.4, 0.5) is 5.82 Å². The first kappa shape index (κ1) is 11.4. The van der Waals surface area contributed by atoms with Crippen molar-refractivity contribution in [3.05, 3.63) is 35.9 Å². The summed E-state index contributed by atoms with van der Waals surface area (Å²) in [5.41, 5.74) is 0.883. The lowest BCUT2D eigenvalue weighted by Gasteiger charge is -2.06. The Labute approximate surface area is 99.4 Å². The normalized spacial score (nSPS) is 10.5. The molecule has 5 heteroatoms. The molecule has 2 rings (SSSR count). The molecule has 17 heavy (non-hydrogen) atoms. The van der Waals surface area contributed by atoms with Crippen molar-refractivity contribution in [3.8, 4) is 0 Å². The Morgan fingerprint density at radius 3 is 3.06 bits per heavy atom. The first-order valence-corrected chi connectivity index (χ1v) is 5.60. The van der Waals surface area contributed by atoms with Gasteiger partial charge in [0.05, 0.1) is 12.0 Å². The van der Waals surface area contributed by atoms with E-state index < -0.39 is 0 Å². The third-order valence-corrected chi connectivity index (χ3v) is 2.32. The number of aryl methyl sites for hydroxylation is 2. The van der Waals surface area contributed by atoms with Gasteiger partial charge in [0.2, 0.25) is 0 Å². The van der Waals surface area contributed by atoms with E-state index in [2.05, 4.69) is 17.3 Å². The second-order valence-electron chi connectivity index (χ2n) is 3.83. The van der Waals surface area contributed by atoms with E-state index in [9.17, 15) is 4.79 Å². The summed E-state index contributed by atoms with van der Waals surface area (Å²) in [5.74, 6) is 0.741. The highest BCUT2D eigenvalue weighted by Crippen LogP contribution is 2.12. The zero-order chi connectivity index (χ0) is 12.3. The third-order valence-electron chi connectivity index (χ3n) is 2.32. The summed E-state index contributed by atoms with van der Waals surface area (Å²) in [4.78, 5) is 11.8. The van der Waals surface area contributed by atoms with Crippen LogP contribution >= 0.6 is 0 Å². The Bertz CT molecular complexity index is 500. The fourth-order valence-electron chi connectivity index (χ4n) is 1.61. The quantitative estimate of drug-likeness (QED) is 0.882. The summed E-state index contributed by atoms with van der Waals surface area (Å²) in [7, 11) is 0. The molecule has 2 aromatic heterocycles. The third kappa shape index (κ3) is 2.55. The molecule has 5 nitrogen and oxygen atoms in total. The van der Waals surface area contributed by atoms with Crippen LogP contribution in [0.2, 0.25) is 0 Å². The number of nitrogens with zero attached hydrogens (tertiary/aromatic N) is 2. The first-order chi connectivity index (χ1) is 8.20. The van der Waals surface area contributed by atoms with E-state index in [4.69, 9.17) is 4.42 Å². The van der Waals surface area contributed by atoms with E-state index in [1.807, 2.05) is 13.0 Å². The van der Waals surface area contributed by atoms with Gasteiger partial charge in [0, 0.05) is 12.6 Å². The SMILES string of the molecule is CCCn1nc(C)cc1NC(=O)c1ccco1. The molecule has 0 fully saturated rings. The molecular formula is C12H15N3O2.